The van der Waals surface area contributed by atoms with Gasteiger partial charge in [-0.3, -0.25) is 4.79 Å². The molecule has 1 aliphatic rings. The van der Waals surface area contributed by atoms with Gasteiger partial charge in [-0.2, -0.15) is 0 Å². The van der Waals surface area contributed by atoms with Crippen molar-refractivity contribution < 1.29 is 13.6 Å². The summed E-state index contributed by atoms with van der Waals surface area (Å²) in [5, 5.41) is 2.84. The van der Waals surface area contributed by atoms with Crippen LogP contribution >= 0.6 is 0 Å². The summed E-state index contributed by atoms with van der Waals surface area (Å²) in [7, 11) is 0. The average molecular weight is 427 g/mol. The second-order valence-corrected chi connectivity index (χ2v) is 7.71. The molecule has 6 heteroatoms. The minimum Gasteiger partial charge on any atom is -0.309 e. The summed E-state index contributed by atoms with van der Waals surface area (Å²) in [5.74, 6) is -1.94. The molecule has 3 aromatic carbocycles. The Balaban J connectivity index is 1.53. The first-order valence-electron chi connectivity index (χ1n) is 10.4. The standard InChI is InChI=1S/C26H19F2N3O/c27-20-12-10-16(14-21(20)28)15-23(32)30-26-24(18-7-2-1-3-8-18)31-25-19-9-5-4-6-17(19)11-13-22(25)29-26/h1-10,12,14H,11,13,15H2,(H,29,30,32). The van der Waals surface area contributed by atoms with Gasteiger partial charge in [0.25, 0.3) is 0 Å². The van der Waals surface area contributed by atoms with Gasteiger partial charge in [-0.1, -0.05) is 60.7 Å². The maximum atomic E-state index is 13.5. The number of aromatic nitrogens is 2. The predicted molar refractivity (Wildman–Crippen MR) is 119 cm³/mol. The molecule has 1 aliphatic carbocycles. The van der Waals surface area contributed by atoms with E-state index < -0.39 is 11.6 Å². The second kappa shape index (κ2) is 8.30. The molecule has 0 bridgehead atoms. The number of aryl methyl sites for hydroxylation is 2. The number of rotatable bonds is 4. The molecule has 0 fully saturated rings. The molecule has 0 saturated carbocycles. The van der Waals surface area contributed by atoms with Crippen LogP contribution in [-0.4, -0.2) is 15.9 Å². The van der Waals surface area contributed by atoms with E-state index in [4.69, 9.17) is 9.97 Å². The van der Waals surface area contributed by atoms with E-state index in [-0.39, 0.29) is 12.3 Å². The van der Waals surface area contributed by atoms with E-state index in [9.17, 15) is 13.6 Å². The Hall–Kier alpha value is -3.93. The summed E-state index contributed by atoms with van der Waals surface area (Å²) in [4.78, 5) is 22.4. The number of carbonyl (C=O) groups excluding carboxylic acids is 1. The van der Waals surface area contributed by atoms with Gasteiger partial charge in [-0.05, 0) is 36.1 Å². The minimum atomic E-state index is -0.979. The lowest BCUT2D eigenvalue weighted by Crippen LogP contribution is -2.19. The van der Waals surface area contributed by atoms with E-state index in [1.54, 1.807) is 0 Å². The first kappa shape index (κ1) is 20.0. The van der Waals surface area contributed by atoms with Crippen LogP contribution in [0.3, 0.4) is 0 Å². The number of halogens is 2. The zero-order valence-corrected chi connectivity index (χ0v) is 17.1. The molecular weight excluding hydrogens is 408 g/mol. The Morgan fingerprint density at radius 1 is 0.844 bits per heavy atom. The van der Waals surface area contributed by atoms with Crippen LogP contribution in [0.15, 0.2) is 72.8 Å². The lowest BCUT2D eigenvalue weighted by Gasteiger charge is -2.21. The van der Waals surface area contributed by atoms with E-state index >= 15 is 0 Å². The highest BCUT2D eigenvalue weighted by Gasteiger charge is 2.23. The first-order valence-corrected chi connectivity index (χ1v) is 10.4. The minimum absolute atomic E-state index is 0.104. The van der Waals surface area contributed by atoms with Crippen molar-refractivity contribution in [2.45, 2.75) is 19.3 Å². The van der Waals surface area contributed by atoms with Crippen molar-refractivity contribution in [3.63, 3.8) is 0 Å². The first-order chi connectivity index (χ1) is 15.6. The molecule has 1 aromatic heterocycles. The summed E-state index contributed by atoms with van der Waals surface area (Å²) >= 11 is 0. The van der Waals surface area contributed by atoms with Gasteiger partial charge in [0.2, 0.25) is 5.91 Å². The van der Waals surface area contributed by atoms with Crippen molar-refractivity contribution in [2.75, 3.05) is 5.32 Å². The van der Waals surface area contributed by atoms with E-state index in [1.807, 2.05) is 48.5 Å². The summed E-state index contributed by atoms with van der Waals surface area (Å²) in [6.07, 6.45) is 1.47. The molecule has 158 valence electrons. The van der Waals surface area contributed by atoms with Crippen molar-refractivity contribution in [3.8, 4) is 22.5 Å². The topological polar surface area (TPSA) is 54.9 Å². The largest absolute Gasteiger partial charge is 0.309 e. The van der Waals surface area contributed by atoms with Gasteiger partial charge in [0.1, 0.15) is 5.69 Å². The lowest BCUT2D eigenvalue weighted by molar-refractivity contribution is -0.115. The number of nitrogens with zero attached hydrogens (tertiary/aromatic N) is 2. The van der Waals surface area contributed by atoms with Crippen LogP contribution in [0.4, 0.5) is 14.6 Å². The highest BCUT2D eigenvalue weighted by molar-refractivity contribution is 5.95. The van der Waals surface area contributed by atoms with E-state index in [2.05, 4.69) is 11.4 Å². The number of hydrogen-bond acceptors (Lipinski definition) is 3. The van der Waals surface area contributed by atoms with Crippen molar-refractivity contribution in [1.29, 1.82) is 0 Å². The van der Waals surface area contributed by atoms with Crippen molar-refractivity contribution in [3.05, 3.63) is 101 Å². The van der Waals surface area contributed by atoms with Gasteiger partial charge in [-0.15, -0.1) is 0 Å². The van der Waals surface area contributed by atoms with Gasteiger partial charge in [0.15, 0.2) is 17.5 Å². The van der Waals surface area contributed by atoms with Gasteiger partial charge < -0.3 is 5.32 Å². The highest BCUT2D eigenvalue weighted by atomic mass is 19.2. The lowest BCUT2D eigenvalue weighted by atomic mass is 9.91. The van der Waals surface area contributed by atoms with Gasteiger partial charge in [-0.25, -0.2) is 18.7 Å². The van der Waals surface area contributed by atoms with Crippen LogP contribution in [-0.2, 0) is 24.1 Å². The summed E-state index contributed by atoms with van der Waals surface area (Å²) < 4.78 is 26.7. The van der Waals surface area contributed by atoms with Gasteiger partial charge >= 0.3 is 0 Å². The van der Waals surface area contributed by atoms with Crippen LogP contribution < -0.4 is 5.32 Å². The Kier molecular flexibility index (Phi) is 5.19. The predicted octanol–water partition coefficient (Wildman–Crippen LogP) is 5.37. The molecule has 0 saturated heterocycles. The monoisotopic (exact) mass is 427 g/mol. The van der Waals surface area contributed by atoms with Crippen LogP contribution in [0.25, 0.3) is 22.5 Å². The second-order valence-electron chi connectivity index (χ2n) is 7.71. The number of nitrogens with one attached hydrogen (secondary N) is 1. The molecular formula is C26H19F2N3O. The fourth-order valence-electron chi connectivity index (χ4n) is 3.98. The maximum Gasteiger partial charge on any atom is 0.230 e. The number of amides is 1. The molecule has 0 spiro atoms. The molecule has 32 heavy (non-hydrogen) atoms. The highest BCUT2D eigenvalue weighted by Crippen LogP contribution is 2.35. The smallest absolute Gasteiger partial charge is 0.230 e. The van der Waals surface area contributed by atoms with Gasteiger partial charge in [0, 0.05) is 11.1 Å². The quantitative estimate of drug-likeness (QED) is 0.477. The van der Waals surface area contributed by atoms with E-state index in [0.717, 1.165) is 47.5 Å². The van der Waals surface area contributed by atoms with Gasteiger partial charge in [0.05, 0.1) is 17.8 Å². The molecule has 5 rings (SSSR count). The Morgan fingerprint density at radius 2 is 1.62 bits per heavy atom. The molecule has 1 N–H and O–H groups in total. The fraction of sp³-hybridized carbons (Fsp3) is 0.115. The molecule has 0 aliphatic heterocycles. The third-order valence-corrected chi connectivity index (χ3v) is 5.53. The SMILES string of the molecule is O=C(Cc1ccc(F)c(F)c1)Nc1nc2c(nc1-c1ccccc1)-c1ccccc1CC2. The number of fused-ring (bicyclic) bond motifs is 3. The molecule has 4 nitrogen and oxygen atoms in total. The molecule has 0 atom stereocenters. The van der Waals surface area contributed by atoms with Crippen molar-refractivity contribution in [2.24, 2.45) is 0 Å². The number of benzene rings is 3. The van der Waals surface area contributed by atoms with E-state index in [0.29, 0.717) is 17.1 Å². The van der Waals surface area contributed by atoms with Crippen LogP contribution in [0.1, 0.15) is 16.8 Å². The van der Waals surface area contributed by atoms with Crippen molar-refractivity contribution >= 4 is 11.7 Å². The third kappa shape index (κ3) is 3.87. The maximum absolute atomic E-state index is 13.5. The Labute approximate surface area is 184 Å². The van der Waals surface area contributed by atoms with Crippen LogP contribution in [0.2, 0.25) is 0 Å². The molecule has 0 radical (unpaired) electrons. The molecule has 4 aromatic rings. The summed E-state index contributed by atoms with van der Waals surface area (Å²) in [5.41, 5.74) is 5.70. The Bertz CT molecular complexity index is 1320. The number of anilines is 1. The van der Waals surface area contributed by atoms with E-state index in [1.165, 1.54) is 11.6 Å². The fourth-order valence-corrected chi connectivity index (χ4v) is 3.98. The molecule has 1 heterocycles. The van der Waals surface area contributed by atoms with Crippen LogP contribution in [0.5, 0.6) is 0 Å². The molecule has 1 amide bonds. The summed E-state index contributed by atoms with van der Waals surface area (Å²) in [6, 6.07) is 21.1. The van der Waals surface area contributed by atoms with Crippen molar-refractivity contribution in [1.82, 2.24) is 9.97 Å². The third-order valence-electron chi connectivity index (χ3n) is 5.53. The Morgan fingerprint density at radius 3 is 2.44 bits per heavy atom. The number of hydrogen-bond donors (Lipinski definition) is 1. The zero-order valence-electron chi connectivity index (χ0n) is 17.1. The van der Waals surface area contributed by atoms with Crippen LogP contribution in [0, 0.1) is 11.6 Å². The molecule has 0 unspecified atom stereocenters. The average Bonchev–Trinajstić information content (AvgIpc) is 2.81. The normalized spacial score (nSPS) is 12.1. The summed E-state index contributed by atoms with van der Waals surface area (Å²) in [6.45, 7) is 0. The number of carbonyl (C=O) groups is 1. The zero-order chi connectivity index (χ0) is 22.1.